The van der Waals surface area contributed by atoms with Crippen LogP contribution in [0.15, 0.2) is 59.0 Å². The number of hydrazone groups is 1. The Morgan fingerprint density at radius 3 is 2.66 bits per heavy atom. The molecular formula is C18H19FN8OS. The van der Waals surface area contributed by atoms with Crippen LogP contribution in [0, 0.1) is 5.82 Å². The molecule has 0 atom stereocenters. The molecule has 0 aliphatic heterocycles. The molecule has 2 aromatic heterocycles. The minimum absolute atomic E-state index is 0.107. The number of rotatable bonds is 8. The second-order valence-electron chi connectivity index (χ2n) is 5.91. The van der Waals surface area contributed by atoms with Gasteiger partial charge in [0.25, 0.3) is 5.95 Å². The molecule has 3 aromatic rings. The zero-order chi connectivity index (χ0) is 20.6. The summed E-state index contributed by atoms with van der Waals surface area (Å²) in [6, 6.07) is 9.59. The van der Waals surface area contributed by atoms with E-state index < -0.39 is 0 Å². The second kappa shape index (κ2) is 9.64. The summed E-state index contributed by atoms with van der Waals surface area (Å²) in [6.45, 7) is 2.14. The van der Waals surface area contributed by atoms with Crippen LogP contribution >= 0.6 is 11.8 Å². The number of benzene rings is 1. The van der Waals surface area contributed by atoms with E-state index in [0.717, 1.165) is 28.6 Å². The van der Waals surface area contributed by atoms with E-state index in [1.165, 1.54) is 16.8 Å². The van der Waals surface area contributed by atoms with E-state index in [1.807, 2.05) is 19.1 Å². The van der Waals surface area contributed by atoms with Crippen LogP contribution in [0.3, 0.4) is 0 Å². The molecule has 1 aromatic carbocycles. The normalized spacial score (nSPS) is 11.3. The lowest BCUT2D eigenvalue weighted by atomic mass is 10.2. The first-order chi connectivity index (χ1) is 14.0. The van der Waals surface area contributed by atoms with Gasteiger partial charge in [0.2, 0.25) is 11.1 Å². The van der Waals surface area contributed by atoms with E-state index in [1.54, 1.807) is 24.5 Å². The van der Waals surface area contributed by atoms with E-state index >= 15 is 0 Å². The molecular weight excluding hydrogens is 395 g/mol. The highest BCUT2D eigenvalue weighted by Gasteiger charge is 2.12. The highest BCUT2D eigenvalue weighted by Crippen LogP contribution is 2.16. The molecule has 0 fully saturated rings. The Morgan fingerprint density at radius 2 is 1.93 bits per heavy atom. The average molecular weight is 414 g/mol. The number of carbonyl (C=O) groups is 1. The summed E-state index contributed by atoms with van der Waals surface area (Å²) in [7, 11) is 0. The van der Waals surface area contributed by atoms with E-state index in [9.17, 15) is 9.18 Å². The van der Waals surface area contributed by atoms with Crippen molar-refractivity contribution in [1.82, 2.24) is 25.2 Å². The molecule has 4 N–H and O–H groups in total. The molecule has 150 valence electrons. The maximum atomic E-state index is 12.9. The van der Waals surface area contributed by atoms with Crippen LogP contribution in [0.25, 0.3) is 0 Å². The third kappa shape index (κ3) is 5.75. The number of pyridine rings is 1. The highest BCUT2D eigenvalue weighted by atomic mass is 32.2. The predicted octanol–water partition coefficient (Wildman–Crippen LogP) is 1.77. The SMILES string of the molecule is C/C(=N\Nc1nnc(SCC(=O)NCc2ccc(F)cc2)n1N)c1ccncc1. The van der Waals surface area contributed by atoms with E-state index in [-0.39, 0.29) is 23.4 Å². The van der Waals surface area contributed by atoms with Crippen molar-refractivity contribution in [2.24, 2.45) is 5.10 Å². The van der Waals surface area contributed by atoms with E-state index in [2.05, 4.69) is 31.0 Å². The molecule has 2 heterocycles. The van der Waals surface area contributed by atoms with Gasteiger partial charge in [-0.15, -0.1) is 10.2 Å². The van der Waals surface area contributed by atoms with Crippen molar-refractivity contribution in [3.63, 3.8) is 0 Å². The standard InChI is InChI=1S/C18H19FN8OS/c1-12(14-6-8-21-9-7-14)23-24-17-25-26-18(27(17)20)29-11-16(28)22-10-13-2-4-15(19)5-3-13/h2-9H,10-11,20H2,1H3,(H,22,28)(H,24,25)/b23-12+. The number of halogens is 1. The van der Waals surface area contributed by atoms with Crippen molar-refractivity contribution in [3.05, 3.63) is 65.7 Å². The number of nitrogens with two attached hydrogens (primary N) is 1. The molecule has 0 spiro atoms. The van der Waals surface area contributed by atoms with E-state index in [0.29, 0.717) is 11.7 Å². The Labute approximate surface area is 170 Å². The minimum Gasteiger partial charge on any atom is -0.351 e. The largest absolute Gasteiger partial charge is 0.351 e. The summed E-state index contributed by atoms with van der Waals surface area (Å²) in [5, 5.41) is 15.2. The van der Waals surface area contributed by atoms with Gasteiger partial charge in [-0.3, -0.25) is 9.78 Å². The summed E-state index contributed by atoms with van der Waals surface area (Å²) in [4.78, 5) is 16.0. The topological polar surface area (TPSA) is 123 Å². The molecule has 0 bridgehead atoms. The van der Waals surface area contributed by atoms with Crippen molar-refractivity contribution in [2.45, 2.75) is 18.6 Å². The van der Waals surface area contributed by atoms with E-state index in [4.69, 9.17) is 5.84 Å². The van der Waals surface area contributed by atoms with Gasteiger partial charge in [0, 0.05) is 24.5 Å². The maximum Gasteiger partial charge on any atom is 0.264 e. The smallest absolute Gasteiger partial charge is 0.264 e. The summed E-state index contributed by atoms with van der Waals surface area (Å²) in [5.74, 6) is 5.78. The van der Waals surface area contributed by atoms with Gasteiger partial charge in [0.15, 0.2) is 0 Å². The van der Waals surface area contributed by atoms with Crippen LogP contribution in [0.1, 0.15) is 18.1 Å². The molecule has 29 heavy (non-hydrogen) atoms. The molecule has 11 heteroatoms. The second-order valence-corrected chi connectivity index (χ2v) is 6.86. The fraction of sp³-hybridized carbons (Fsp3) is 0.167. The van der Waals surface area contributed by atoms with Crippen LogP contribution in [-0.4, -0.2) is 37.2 Å². The summed E-state index contributed by atoms with van der Waals surface area (Å²) >= 11 is 1.14. The Kier molecular flexibility index (Phi) is 6.74. The van der Waals surface area contributed by atoms with Crippen molar-refractivity contribution >= 4 is 29.3 Å². The van der Waals surface area contributed by atoms with Gasteiger partial charge < -0.3 is 11.2 Å². The number of hydrogen-bond acceptors (Lipinski definition) is 8. The Balaban J connectivity index is 1.50. The van der Waals surface area contributed by atoms with Crippen molar-refractivity contribution in [1.29, 1.82) is 0 Å². The molecule has 1 amide bonds. The van der Waals surface area contributed by atoms with Crippen molar-refractivity contribution in [3.8, 4) is 0 Å². The van der Waals surface area contributed by atoms with Crippen LogP contribution in [0.5, 0.6) is 0 Å². The average Bonchev–Trinajstić information content (AvgIpc) is 3.10. The Bertz CT molecular complexity index is 991. The first kappa shape index (κ1) is 20.3. The fourth-order valence-electron chi connectivity index (χ4n) is 2.23. The quantitative estimate of drug-likeness (QED) is 0.222. The number of hydrogen-bond donors (Lipinski definition) is 3. The number of carbonyl (C=O) groups excluding carboxylic acids is 1. The lowest BCUT2D eigenvalue weighted by Gasteiger charge is -2.06. The first-order valence-electron chi connectivity index (χ1n) is 8.58. The highest BCUT2D eigenvalue weighted by molar-refractivity contribution is 7.99. The number of aromatic nitrogens is 4. The molecule has 0 aliphatic rings. The summed E-state index contributed by atoms with van der Waals surface area (Å²) in [5.41, 5.74) is 5.20. The number of nitrogens with zero attached hydrogens (tertiary/aromatic N) is 5. The van der Waals surface area contributed by atoms with Gasteiger partial charge in [-0.05, 0) is 36.8 Å². The number of thioether (sulfide) groups is 1. The molecule has 0 saturated carbocycles. The first-order valence-corrected chi connectivity index (χ1v) is 9.56. The van der Waals surface area contributed by atoms with Gasteiger partial charge in [0.1, 0.15) is 5.82 Å². The maximum absolute atomic E-state index is 12.9. The van der Waals surface area contributed by atoms with Crippen LogP contribution < -0.4 is 16.6 Å². The number of anilines is 1. The zero-order valence-corrected chi connectivity index (χ0v) is 16.4. The third-order valence-electron chi connectivity index (χ3n) is 3.82. The van der Waals surface area contributed by atoms with Crippen molar-refractivity contribution < 1.29 is 9.18 Å². The summed E-state index contributed by atoms with van der Waals surface area (Å²) < 4.78 is 14.1. The molecule has 0 radical (unpaired) electrons. The zero-order valence-electron chi connectivity index (χ0n) is 15.5. The Hall–Kier alpha value is -3.47. The van der Waals surface area contributed by atoms with Gasteiger partial charge >= 0.3 is 0 Å². The third-order valence-corrected chi connectivity index (χ3v) is 4.76. The fourth-order valence-corrected chi connectivity index (χ4v) is 2.91. The molecule has 0 aliphatic carbocycles. The van der Waals surface area contributed by atoms with Crippen LogP contribution in [0.2, 0.25) is 0 Å². The van der Waals surface area contributed by atoms with Crippen molar-refractivity contribution in [2.75, 3.05) is 17.0 Å². The van der Waals surface area contributed by atoms with Gasteiger partial charge in [-0.25, -0.2) is 14.5 Å². The van der Waals surface area contributed by atoms with Gasteiger partial charge in [-0.2, -0.15) is 5.10 Å². The lowest BCUT2D eigenvalue weighted by molar-refractivity contribution is -0.118. The Morgan fingerprint density at radius 1 is 1.21 bits per heavy atom. The molecule has 0 unspecified atom stereocenters. The molecule has 3 rings (SSSR count). The predicted molar refractivity (Wildman–Crippen MR) is 109 cm³/mol. The minimum atomic E-state index is -0.317. The van der Waals surface area contributed by atoms with Gasteiger partial charge in [0.05, 0.1) is 11.5 Å². The molecule has 9 nitrogen and oxygen atoms in total. The monoisotopic (exact) mass is 414 g/mol. The lowest BCUT2D eigenvalue weighted by Crippen LogP contribution is -2.25. The summed E-state index contributed by atoms with van der Waals surface area (Å²) in [6.07, 6.45) is 3.35. The van der Waals surface area contributed by atoms with Gasteiger partial charge in [-0.1, -0.05) is 23.9 Å². The van der Waals surface area contributed by atoms with Crippen LogP contribution in [0.4, 0.5) is 10.3 Å². The number of amides is 1. The number of nitrogen functional groups attached to an aromatic ring is 1. The van der Waals surface area contributed by atoms with Crippen LogP contribution in [-0.2, 0) is 11.3 Å². The number of nitrogens with one attached hydrogen (secondary N) is 2. The molecule has 0 saturated heterocycles.